The molecule has 0 aliphatic rings. The fraction of sp³-hybridized carbons (Fsp3) is 0.231. The average molecular weight is 249 g/mol. The number of aromatic nitrogens is 2. The topological polar surface area (TPSA) is 37.8 Å². The summed E-state index contributed by atoms with van der Waals surface area (Å²) in [6.07, 6.45) is 4.68. The van der Waals surface area contributed by atoms with E-state index in [1.807, 2.05) is 6.92 Å². The minimum absolute atomic E-state index is 0.367. The van der Waals surface area contributed by atoms with Gasteiger partial charge in [0.05, 0.1) is 17.9 Å². The van der Waals surface area contributed by atoms with Crippen LogP contribution in [0.25, 0.3) is 0 Å². The molecule has 0 saturated carbocycles. The van der Waals surface area contributed by atoms with Gasteiger partial charge < -0.3 is 5.32 Å². The Balaban J connectivity index is 2.41. The van der Waals surface area contributed by atoms with Crippen LogP contribution >= 0.6 is 0 Å². The summed E-state index contributed by atoms with van der Waals surface area (Å²) in [5.41, 5.74) is 1.12. The quantitative estimate of drug-likeness (QED) is 0.904. The van der Waals surface area contributed by atoms with Gasteiger partial charge in [-0.1, -0.05) is 6.92 Å². The third-order valence-electron chi connectivity index (χ3n) is 2.51. The van der Waals surface area contributed by atoms with Crippen LogP contribution in [0.2, 0.25) is 0 Å². The normalized spacial score (nSPS) is 12.4. The summed E-state index contributed by atoms with van der Waals surface area (Å²) in [5.74, 6) is -1.20. The molecule has 0 saturated heterocycles. The summed E-state index contributed by atoms with van der Waals surface area (Å²) in [6, 6.07) is 3.08. The van der Waals surface area contributed by atoms with Crippen molar-refractivity contribution in [2.24, 2.45) is 0 Å². The maximum absolute atomic E-state index is 13.2. The van der Waals surface area contributed by atoms with Gasteiger partial charge in [0.15, 0.2) is 0 Å². The van der Waals surface area contributed by atoms with Crippen LogP contribution in [0.3, 0.4) is 0 Å². The lowest BCUT2D eigenvalue weighted by molar-refractivity contribution is 0.561. The van der Waals surface area contributed by atoms with Crippen molar-refractivity contribution in [3.8, 4) is 0 Å². The fourth-order valence-corrected chi connectivity index (χ4v) is 1.80. The molecule has 0 radical (unpaired) electrons. The maximum atomic E-state index is 13.2. The van der Waals surface area contributed by atoms with Crippen molar-refractivity contribution in [2.75, 3.05) is 6.54 Å². The highest BCUT2D eigenvalue weighted by Gasteiger charge is 2.16. The molecule has 0 fully saturated rings. The molecule has 0 aliphatic carbocycles. The van der Waals surface area contributed by atoms with Gasteiger partial charge in [0, 0.05) is 18.5 Å². The van der Waals surface area contributed by atoms with Crippen LogP contribution < -0.4 is 5.32 Å². The van der Waals surface area contributed by atoms with Gasteiger partial charge in [-0.2, -0.15) is 0 Å². The zero-order valence-corrected chi connectivity index (χ0v) is 9.90. The summed E-state index contributed by atoms with van der Waals surface area (Å²) in [4.78, 5) is 8.13. The Morgan fingerprint density at radius 3 is 2.44 bits per heavy atom. The predicted octanol–water partition coefficient (Wildman–Crippen LogP) is 2.45. The summed E-state index contributed by atoms with van der Waals surface area (Å²) >= 11 is 0. The van der Waals surface area contributed by atoms with E-state index >= 15 is 0 Å². The van der Waals surface area contributed by atoms with E-state index in [4.69, 9.17) is 0 Å². The first-order valence-corrected chi connectivity index (χ1v) is 5.66. The lowest BCUT2D eigenvalue weighted by Gasteiger charge is -2.17. The predicted molar refractivity (Wildman–Crippen MR) is 63.9 cm³/mol. The van der Waals surface area contributed by atoms with Crippen LogP contribution in [0.4, 0.5) is 8.78 Å². The summed E-state index contributed by atoms with van der Waals surface area (Å²) in [7, 11) is 0. The van der Waals surface area contributed by atoms with Gasteiger partial charge in [-0.05, 0) is 24.2 Å². The standard InChI is InChI=1S/C13H13F2N3/c1-2-17-13(12-8-16-3-4-18-12)9-5-10(14)7-11(15)6-9/h3-8,13,17H,2H2,1H3. The van der Waals surface area contributed by atoms with E-state index in [-0.39, 0.29) is 6.04 Å². The van der Waals surface area contributed by atoms with Gasteiger partial charge in [-0.3, -0.25) is 9.97 Å². The van der Waals surface area contributed by atoms with E-state index < -0.39 is 11.6 Å². The van der Waals surface area contributed by atoms with Gasteiger partial charge in [-0.25, -0.2) is 8.78 Å². The third kappa shape index (κ3) is 2.87. The molecule has 2 rings (SSSR count). The van der Waals surface area contributed by atoms with Crippen molar-refractivity contribution in [1.82, 2.24) is 15.3 Å². The van der Waals surface area contributed by atoms with Crippen molar-refractivity contribution in [2.45, 2.75) is 13.0 Å². The Kier molecular flexibility index (Phi) is 3.94. The molecule has 0 spiro atoms. The highest BCUT2D eigenvalue weighted by atomic mass is 19.1. The molecule has 0 bridgehead atoms. The lowest BCUT2D eigenvalue weighted by Crippen LogP contribution is -2.23. The third-order valence-corrected chi connectivity index (χ3v) is 2.51. The average Bonchev–Trinajstić information content (AvgIpc) is 2.36. The van der Waals surface area contributed by atoms with Crippen LogP contribution in [0.1, 0.15) is 24.2 Å². The maximum Gasteiger partial charge on any atom is 0.126 e. The van der Waals surface area contributed by atoms with Crippen molar-refractivity contribution < 1.29 is 8.78 Å². The molecule has 1 aromatic carbocycles. The molecule has 1 unspecified atom stereocenters. The van der Waals surface area contributed by atoms with Crippen molar-refractivity contribution in [3.63, 3.8) is 0 Å². The molecule has 94 valence electrons. The van der Waals surface area contributed by atoms with Crippen LogP contribution in [-0.2, 0) is 0 Å². The number of nitrogens with one attached hydrogen (secondary N) is 1. The second kappa shape index (κ2) is 5.64. The first kappa shape index (κ1) is 12.6. The molecule has 2 aromatic rings. The Bertz CT molecular complexity index is 497. The number of hydrogen-bond acceptors (Lipinski definition) is 3. The summed E-state index contributed by atoms with van der Waals surface area (Å²) < 4.78 is 26.5. The summed E-state index contributed by atoms with van der Waals surface area (Å²) in [5, 5.41) is 3.13. The van der Waals surface area contributed by atoms with E-state index in [2.05, 4.69) is 15.3 Å². The van der Waals surface area contributed by atoms with E-state index in [0.29, 0.717) is 17.8 Å². The highest BCUT2D eigenvalue weighted by Crippen LogP contribution is 2.21. The first-order valence-electron chi connectivity index (χ1n) is 5.66. The molecule has 1 atom stereocenters. The summed E-state index contributed by atoms with van der Waals surface area (Å²) in [6.45, 7) is 2.57. The minimum Gasteiger partial charge on any atom is -0.305 e. The van der Waals surface area contributed by atoms with Crippen molar-refractivity contribution >= 4 is 0 Å². The highest BCUT2D eigenvalue weighted by molar-refractivity contribution is 5.27. The number of benzene rings is 1. The van der Waals surface area contributed by atoms with Gasteiger partial charge in [0.2, 0.25) is 0 Å². The van der Waals surface area contributed by atoms with E-state index in [0.717, 1.165) is 6.07 Å². The zero-order valence-electron chi connectivity index (χ0n) is 9.90. The lowest BCUT2D eigenvalue weighted by atomic mass is 10.0. The largest absolute Gasteiger partial charge is 0.305 e. The monoisotopic (exact) mass is 249 g/mol. The first-order chi connectivity index (χ1) is 8.70. The number of nitrogens with zero attached hydrogens (tertiary/aromatic N) is 2. The van der Waals surface area contributed by atoms with Gasteiger partial charge in [0.1, 0.15) is 11.6 Å². The van der Waals surface area contributed by atoms with Crippen LogP contribution in [-0.4, -0.2) is 16.5 Å². The molecule has 1 N–H and O–H groups in total. The minimum atomic E-state index is -0.600. The molecule has 18 heavy (non-hydrogen) atoms. The molecular formula is C13H13F2N3. The van der Waals surface area contributed by atoms with Crippen molar-refractivity contribution in [3.05, 3.63) is 59.7 Å². The number of halogens is 2. The van der Waals surface area contributed by atoms with E-state index in [1.165, 1.54) is 12.1 Å². The Morgan fingerprint density at radius 1 is 1.17 bits per heavy atom. The Labute approximate surface area is 104 Å². The molecule has 3 nitrogen and oxygen atoms in total. The van der Waals surface area contributed by atoms with E-state index in [1.54, 1.807) is 18.6 Å². The van der Waals surface area contributed by atoms with Crippen LogP contribution in [0.15, 0.2) is 36.8 Å². The van der Waals surface area contributed by atoms with Gasteiger partial charge in [-0.15, -0.1) is 0 Å². The molecule has 0 aliphatic heterocycles. The second-order valence-corrected chi connectivity index (χ2v) is 3.82. The Morgan fingerprint density at radius 2 is 1.89 bits per heavy atom. The van der Waals surface area contributed by atoms with Gasteiger partial charge >= 0.3 is 0 Å². The number of hydrogen-bond donors (Lipinski definition) is 1. The smallest absolute Gasteiger partial charge is 0.126 e. The molecule has 0 amide bonds. The Hall–Kier alpha value is -1.88. The van der Waals surface area contributed by atoms with Crippen molar-refractivity contribution in [1.29, 1.82) is 0 Å². The molecule has 5 heteroatoms. The fourth-order valence-electron chi connectivity index (χ4n) is 1.80. The second-order valence-electron chi connectivity index (χ2n) is 3.82. The van der Waals surface area contributed by atoms with Crippen LogP contribution in [0, 0.1) is 11.6 Å². The van der Waals surface area contributed by atoms with E-state index in [9.17, 15) is 8.78 Å². The molecule has 1 aromatic heterocycles. The number of rotatable bonds is 4. The zero-order chi connectivity index (χ0) is 13.0. The van der Waals surface area contributed by atoms with Crippen LogP contribution in [0.5, 0.6) is 0 Å². The SMILES string of the molecule is CCNC(c1cc(F)cc(F)c1)c1cnccn1. The molecular weight excluding hydrogens is 236 g/mol. The molecule has 1 heterocycles. The van der Waals surface area contributed by atoms with Gasteiger partial charge in [0.25, 0.3) is 0 Å².